The van der Waals surface area contributed by atoms with Crippen LogP contribution in [0.5, 0.6) is 5.75 Å². The average Bonchev–Trinajstić information content (AvgIpc) is 3.06. The summed E-state index contributed by atoms with van der Waals surface area (Å²) in [7, 11) is 1.61. The second-order valence-electron chi connectivity index (χ2n) is 5.30. The number of aromatic nitrogens is 3. The first-order valence-corrected chi connectivity index (χ1v) is 7.83. The molecule has 0 aliphatic heterocycles. The number of urea groups is 1. The van der Waals surface area contributed by atoms with Crippen LogP contribution in [0.15, 0.2) is 42.6 Å². The molecule has 0 saturated carbocycles. The van der Waals surface area contributed by atoms with Crippen molar-refractivity contribution in [2.24, 2.45) is 0 Å². The number of nitrogens with zero attached hydrogens (tertiary/aromatic N) is 2. The number of ether oxygens (including phenoxy) is 1. The Kier molecular flexibility index (Phi) is 4.85. The van der Waals surface area contributed by atoms with E-state index in [-0.39, 0.29) is 0 Å². The van der Waals surface area contributed by atoms with E-state index >= 15 is 0 Å². The number of rotatable bonds is 4. The predicted molar refractivity (Wildman–Crippen MR) is 97.2 cm³/mol. The van der Waals surface area contributed by atoms with Crippen LogP contribution in [0.2, 0.25) is 5.15 Å². The number of carbonyl (C=O) groups excluding carboxylic acids is 1. The molecule has 3 N–H and O–H groups in total. The Morgan fingerprint density at radius 3 is 2.68 bits per heavy atom. The fraction of sp³-hybridized carbons (Fsp3) is 0.118. The molecule has 0 aliphatic carbocycles. The zero-order valence-corrected chi connectivity index (χ0v) is 14.4. The van der Waals surface area contributed by atoms with Gasteiger partial charge in [0.25, 0.3) is 0 Å². The first kappa shape index (κ1) is 16.8. The van der Waals surface area contributed by atoms with E-state index in [4.69, 9.17) is 16.3 Å². The summed E-state index contributed by atoms with van der Waals surface area (Å²) in [5, 5.41) is 12.7. The van der Waals surface area contributed by atoms with Crippen LogP contribution in [0.3, 0.4) is 0 Å². The number of anilines is 2. The van der Waals surface area contributed by atoms with E-state index in [0.717, 1.165) is 22.6 Å². The van der Waals surface area contributed by atoms with E-state index in [1.54, 1.807) is 25.4 Å². The van der Waals surface area contributed by atoms with E-state index in [2.05, 4.69) is 25.8 Å². The van der Waals surface area contributed by atoms with Gasteiger partial charge in [-0.15, -0.1) is 0 Å². The minimum atomic E-state index is -0.418. The maximum Gasteiger partial charge on any atom is 0.324 e. The fourth-order valence-corrected chi connectivity index (χ4v) is 2.36. The Labute approximate surface area is 149 Å². The quantitative estimate of drug-likeness (QED) is 0.613. The van der Waals surface area contributed by atoms with E-state index < -0.39 is 6.03 Å². The molecule has 0 aliphatic rings. The summed E-state index contributed by atoms with van der Waals surface area (Å²) in [6, 6.07) is 10.4. The minimum absolute atomic E-state index is 0.308. The number of pyridine rings is 1. The highest BCUT2D eigenvalue weighted by Crippen LogP contribution is 2.23. The Bertz CT molecular complexity index is 892. The zero-order chi connectivity index (χ0) is 17.8. The minimum Gasteiger partial charge on any atom is -0.497 e. The molecule has 8 heteroatoms. The molecule has 128 valence electrons. The molecule has 2 heterocycles. The highest BCUT2D eigenvalue weighted by Gasteiger charge is 2.09. The van der Waals surface area contributed by atoms with Crippen molar-refractivity contribution in [2.75, 3.05) is 17.7 Å². The number of amides is 2. The van der Waals surface area contributed by atoms with Gasteiger partial charge in [0.1, 0.15) is 10.9 Å². The highest BCUT2D eigenvalue weighted by atomic mass is 35.5. The molecule has 0 radical (unpaired) electrons. The van der Waals surface area contributed by atoms with Crippen LogP contribution in [0.25, 0.3) is 11.3 Å². The summed E-state index contributed by atoms with van der Waals surface area (Å²) in [6.45, 7) is 1.83. The second-order valence-corrected chi connectivity index (χ2v) is 5.68. The molecule has 0 spiro atoms. The van der Waals surface area contributed by atoms with Crippen molar-refractivity contribution >= 4 is 29.1 Å². The largest absolute Gasteiger partial charge is 0.497 e. The number of H-pyrrole nitrogens is 1. The number of halogens is 1. The Balaban J connectivity index is 1.68. The lowest BCUT2D eigenvalue weighted by Crippen LogP contribution is -2.20. The van der Waals surface area contributed by atoms with Crippen LogP contribution in [-0.4, -0.2) is 28.3 Å². The predicted octanol–water partition coefficient (Wildman–Crippen LogP) is 4.09. The molecule has 2 amide bonds. The van der Waals surface area contributed by atoms with Crippen LogP contribution in [0.1, 0.15) is 5.56 Å². The second kappa shape index (κ2) is 7.23. The number of nitrogens with one attached hydrogen (secondary N) is 3. The molecule has 25 heavy (non-hydrogen) atoms. The lowest BCUT2D eigenvalue weighted by Gasteiger charge is -2.08. The number of carbonyl (C=O) groups is 1. The van der Waals surface area contributed by atoms with Crippen molar-refractivity contribution in [3.05, 3.63) is 53.3 Å². The summed E-state index contributed by atoms with van der Waals surface area (Å²) >= 11 is 5.84. The lowest BCUT2D eigenvalue weighted by atomic mass is 10.1. The van der Waals surface area contributed by atoms with Gasteiger partial charge in [-0.1, -0.05) is 11.6 Å². The number of benzene rings is 1. The first-order chi connectivity index (χ1) is 12.0. The van der Waals surface area contributed by atoms with Crippen molar-refractivity contribution in [2.45, 2.75) is 6.92 Å². The molecule has 2 aromatic heterocycles. The smallest absolute Gasteiger partial charge is 0.324 e. The Hall–Kier alpha value is -3.06. The van der Waals surface area contributed by atoms with Gasteiger partial charge in [-0.3, -0.25) is 10.4 Å². The summed E-state index contributed by atoms with van der Waals surface area (Å²) < 4.78 is 5.13. The molecule has 7 nitrogen and oxygen atoms in total. The van der Waals surface area contributed by atoms with Gasteiger partial charge in [-0.05, 0) is 48.4 Å². The molecule has 3 aromatic rings. The molecule has 0 bridgehead atoms. The summed E-state index contributed by atoms with van der Waals surface area (Å²) in [6.07, 6.45) is 1.59. The van der Waals surface area contributed by atoms with Gasteiger partial charge >= 0.3 is 6.03 Å². The number of hydrogen-bond acceptors (Lipinski definition) is 4. The summed E-state index contributed by atoms with van der Waals surface area (Å²) in [5.41, 5.74) is 3.10. The normalized spacial score (nSPS) is 10.4. The zero-order valence-electron chi connectivity index (χ0n) is 13.6. The SMILES string of the molecule is COc1ccc(-c2cc(NC(=O)Nc3cc(Cl)ncc3C)n[nH]2)cc1. The van der Waals surface area contributed by atoms with Gasteiger partial charge in [-0.2, -0.15) is 5.10 Å². The van der Waals surface area contributed by atoms with Crippen molar-refractivity contribution in [3.63, 3.8) is 0 Å². The van der Waals surface area contributed by atoms with Crippen molar-refractivity contribution in [1.29, 1.82) is 0 Å². The summed E-state index contributed by atoms with van der Waals surface area (Å²) in [4.78, 5) is 16.1. The molecular weight excluding hydrogens is 342 g/mol. The van der Waals surface area contributed by atoms with Crippen LogP contribution in [0, 0.1) is 6.92 Å². The number of methoxy groups -OCH3 is 1. The maximum absolute atomic E-state index is 12.1. The van der Waals surface area contributed by atoms with E-state index in [1.807, 2.05) is 31.2 Å². The molecule has 0 atom stereocenters. The number of aryl methyl sites for hydroxylation is 1. The molecule has 1 aromatic carbocycles. The van der Waals surface area contributed by atoms with Gasteiger partial charge < -0.3 is 10.1 Å². The first-order valence-electron chi connectivity index (χ1n) is 7.45. The number of hydrogen-bond donors (Lipinski definition) is 3. The third kappa shape index (κ3) is 4.07. The molecule has 0 saturated heterocycles. The standard InChI is InChI=1S/C17H16ClN5O2/c1-10-9-19-15(18)7-13(10)20-17(24)21-16-8-14(22-23-16)11-3-5-12(25-2)6-4-11/h3-9H,1-2H3,(H3,19,20,21,22,23,24). The van der Waals surface area contributed by atoms with Crippen LogP contribution in [0.4, 0.5) is 16.3 Å². The monoisotopic (exact) mass is 357 g/mol. The number of aromatic amines is 1. The van der Waals surface area contributed by atoms with Crippen LogP contribution < -0.4 is 15.4 Å². The Morgan fingerprint density at radius 1 is 1.20 bits per heavy atom. The van der Waals surface area contributed by atoms with Crippen LogP contribution in [-0.2, 0) is 0 Å². The van der Waals surface area contributed by atoms with E-state index in [9.17, 15) is 4.79 Å². The summed E-state index contributed by atoms with van der Waals surface area (Å²) in [5.74, 6) is 1.17. The van der Waals surface area contributed by atoms with Crippen molar-refractivity contribution < 1.29 is 9.53 Å². The van der Waals surface area contributed by atoms with Crippen LogP contribution >= 0.6 is 11.6 Å². The van der Waals surface area contributed by atoms with E-state index in [0.29, 0.717) is 16.7 Å². The van der Waals surface area contributed by atoms with Crippen molar-refractivity contribution in [1.82, 2.24) is 15.2 Å². The maximum atomic E-state index is 12.1. The van der Waals surface area contributed by atoms with Gasteiger partial charge in [0.2, 0.25) is 0 Å². The van der Waals surface area contributed by atoms with Gasteiger partial charge in [0.15, 0.2) is 5.82 Å². The Morgan fingerprint density at radius 2 is 1.96 bits per heavy atom. The topological polar surface area (TPSA) is 91.9 Å². The highest BCUT2D eigenvalue weighted by molar-refractivity contribution is 6.29. The average molecular weight is 358 g/mol. The molecule has 0 unspecified atom stereocenters. The third-order valence-corrected chi connectivity index (χ3v) is 3.75. The van der Waals surface area contributed by atoms with Gasteiger partial charge in [0, 0.05) is 18.0 Å². The van der Waals surface area contributed by atoms with Gasteiger partial charge in [0.05, 0.1) is 12.8 Å². The van der Waals surface area contributed by atoms with Gasteiger partial charge in [-0.25, -0.2) is 9.78 Å². The van der Waals surface area contributed by atoms with E-state index in [1.165, 1.54) is 0 Å². The third-order valence-electron chi connectivity index (χ3n) is 3.54. The molecule has 3 rings (SSSR count). The fourth-order valence-electron chi connectivity index (χ4n) is 2.21. The molecular formula is C17H16ClN5O2. The molecule has 0 fully saturated rings. The van der Waals surface area contributed by atoms with Crippen molar-refractivity contribution in [3.8, 4) is 17.0 Å². The lowest BCUT2D eigenvalue weighted by molar-refractivity contribution is 0.262.